The lowest BCUT2D eigenvalue weighted by atomic mass is 10.1. The van der Waals surface area contributed by atoms with Crippen molar-refractivity contribution in [2.45, 2.75) is 19.7 Å². The molecular weight excluding hydrogens is 303 g/mol. The fraction of sp³-hybridized carbons (Fsp3) is 0.286. The lowest BCUT2D eigenvalue weighted by molar-refractivity contribution is -0.274. The van der Waals surface area contributed by atoms with Gasteiger partial charge in [0, 0.05) is 25.5 Å². The molecule has 0 spiro atoms. The van der Waals surface area contributed by atoms with Crippen LogP contribution in [-0.4, -0.2) is 29.9 Å². The third-order valence-electron chi connectivity index (χ3n) is 2.24. The number of amides is 1. The van der Waals surface area contributed by atoms with Crippen molar-refractivity contribution in [2.75, 3.05) is 6.54 Å². The molecule has 2 N–H and O–H groups in total. The molecule has 1 aromatic rings. The van der Waals surface area contributed by atoms with Crippen molar-refractivity contribution in [3.63, 3.8) is 0 Å². The maximum Gasteiger partial charge on any atom is 0.573 e. The SMILES string of the molecule is CC(=O)NCCC#Cc1cc(OC(F)(F)F)cc(C(=O)O)c1. The summed E-state index contributed by atoms with van der Waals surface area (Å²) in [6, 6.07) is 2.89. The van der Waals surface area contributed by atoms with E-state index in [1.807, 2.05) is 0 Å². The lowest BCUT2D eigenvalue weighted by Gasteiger charge is -2.09. The Bertz CT molecular complexity index is 629. The number of alkyl halides is 3. The predicted octanol–water partition coefficient (Wildman–Crippen LogP) is 2.16. The second kappa shape index (κ2) is 7.36. The number of halogens is 3. The summed E-state index contributed by atoms with van der Waals surface area (Å²) >= 11 is 0. The Labute approximate surface area is 124 Å². The molecule has 0 aliphatic carbocycles. The van der Waals surface area contributed by atoms with Crippen molar-refractivity contribution < 1.29 is 32.6 Å². The molecule has 0 radical (unpaired) electrons. The number of ether oxygens (including phenoxy) is 1. The van der Waals surface area contributed by atoms with E-state index in [2.05, 4.69) is 21.9 Å². The van der Waals surface area contributed by atoms with E-state index in [9.17, 15) is 22.8 Å². The molecule has 118 valence electrons. The van der Waals surface area contributed by atoms with E-state index in [1.54, 1.807) is 0 Å². The Morgan fingerprint density at radius 1 is 1.32 bits per heavy atom. The smallest absolute Gasteiger partial charge is 0.478 e. The van der Waals surface area contributed by atoms with Gasteiger partial charge < -0.3 is 15.2 Å². The highest BCUT2D eigenvalue weighted by atomic mass is 19.4. The summed E-state index contributed by atoms with van der Waals surface area (Å²) in [7, 11) is 0. The van der Waals surface area contributed by atoms with Crippen LogP contribution in [0.15, 0.2) is 18.2 Å². The first-order valence-electron chi connectivity index (χ1n) is 6.05. The molecule has 0 heterocycles. The van der Waals surface area contributed by atoms with Crippen molar-refractivity contribution in [1.82, 2.24) is 5.32 Å². The van der Waals surface area contributed by atoms with Crippen LogP contribution in [0.2, 0.25) is 0 Å². The van der Waals surface area contributed by atoms with Crippen LogP contribution < -0.4 is 10.1 Å². The van der Waals surface area contributed by atoms with E-state index in [0.717, 1.165) is 18.2 Å². The molecule has 5 nitrogen and oxygen atoms in total. The highest BCUT2D eigenvalue weighted by Crippen LogP contribution is 2.25. The third-order valence-corrected chi connectivity index (χ3v) is 2.24. The summed E-state index contributed by atoms with van der Waals surface area (Å²) in [5, 5.41) is 11.4. The van der Waals surface area contributed by atoms with E-state index in [1.165, 1.54) is 6.92 Å². The number of hydrogen-bond donors (Lipinski definition) is 2. The quantitative estimate of drug-likeness (QED) is 0.659. The number of carbonyl (C=O) groups excluding carboxylic acids is 1. The molecular formula is C14H12F3NO4. The van der Waals surface area contributed by atoms with Gasteiger partial charge in [-0.2, -0.15) is 0 Å². The molecule has 1 amide bonds. The minimum atomic E-state index is -4.92. The molecule has 8 heteroatoms. The Balaban J connectivity index is 2.91. The zero-order valence-corrected chi connectivity index (χ0v) is 11.5. The molecule has 22 heavy (non-hydrogen) atoms. The van der Waals surface area contributed by atoms with Gasteiger partial charge >= 0.3 is 12.3 Å². The summed E-state index contributed by atoms with van der Waals surface area (Å²) < 4.78 is 40.3. The standard InChI is InChI=1S/C14H12F3NO4/c1-9(19)18-5-3-2-4-10-6-11(13(20)21)8-12(7-10)22-14(15,16)17/h6-8H,3,5H2,1H3,(H,18,19)(H,20,21). The fourth-order valence-electron chi connectivity index (χ4n) is 1.45. The highest BCUT2D eigenvalue weighted by molar-refractivity contribution is 5.88. The molecule has 0 atom stereocenters. The van der Waals surface area contributed by atoms with E-state index in [4.69, 9.17) is 5.11 Å². The first-order chi connectivity index (χ1) is 10.2. The second-order valence-electron chi connectivity index (χ2n) is 4.13. The molecule has 1 rings (SSSR count). The van der Waals surface area contributed by atoms with Gasteiger partial charge in [-0.15, -0.1) is 13.2 Å². The van der Waals surface area contributed by atoms with E-state index in [-0.39, 0.29) is 30.0 Å². The Morgan fingerprint density at radius 3 is 2.55 bits per heavy atom. The minimum absolute atomic E-state index is 0.0713. The van der Waals surface area contributed by atoms with Gasteiger partial charge in [-0.1, -0.05) is 11.8 Å². The van der Waals surface area contributed by atoms with Gasteiger partial charge in [-0.25, -0.2) is 4.79 Å². The molecule has 0 aliphatic heterocycles. The Hall–Kier alpha value is -2.69. The van der Waals surface area contributed by atoms with Gasteiger partial charge in [-0.05, 0) is 18.2 Å². The van der Waals surface area contributed by atoms with Crippen LogP contribution in [0.5, 0.6) is 5.75 Å². The zero-order chi connectivity index (χ0) is 16.8. The molecule has 0 aliphatic rings. The normalized spacial score (nSPS) is 10.4. The van der Waals surface area contributed by atoms with Crippen molar-refractivity contribution in [2.24, 2.45) is 0 Å². The molecule has 0 saturated heterocycles. The average Bonchev–Trinajstić information content (AvgIpc) is 2.35. The van der Waals surface area contributed by atoms with E-state index >= 15 is 0 Å². The maximum atomic E-state index is 12.2. The Kier molecular flexibility index (Phi) is 5.81. The topological polar surface area (TPSA) is 75.6 Å². The van der Waals surface area contributed by atoms with Gasteiger partial charge in [0.05, 0.1) is 5.56 Å². The van der Waals surface area contributed by atoms with E-state index < -0.39 is 18.1 Å². The summed E-state index contributed by atoms with van der Waals surface area (Å²) in [6.07, 6.45) is -4.65. The summed E-state index contributed by atoms with van der Waals surface area (Å²) in [5.41, 5.74) is -0.296. The number of rotatable bonds is 4. The second-order valence-corrected chi connectivity index (χ2v) is 4.13. The number of carboxylic acids is 1. The molecule has 0 bridgehead atoms. The lowest BCUT2D eigenvalue weighted by Crippen LogP contribution is -2.20. The van der Waals surface area contributed by atoms with Crippen molar-refractivity contribution in [3.8, 4) is 17.6 Å². The predicted molar refractivity (Wildman–Crippen MR) is 70.3 cm³/mol. The summed E-state index contributed by atoms with van der Waals surface area (Å²) in [6.45, 7) is 1.62. The fourth-order valence-corrected chi connectivity index (χ4v) is 1.45. The summed E-state index contributed by atoms with van der Waals surface area (Å²) in [5.74, 6) is 2.87. The van der Waals surface area contributed by atoms with Crippen LogP contribution in [0.3, 0.4) is 0 Å². The van der Waals surface area contributed by atoms with Gasteiger partial charge in [0.15, 0.2) is 0 Å². The molecule has 0 aromatic heterocycles. The molecule has 0 saturated carbocycles. The van der Waals surface area contributed by atoms with Crippen LogP contribution >= 0.6 is 0 Å². The van der Waals surface area contributed by atoms with Crippen LogP contribution in [0.4, 0.5) is 13.2 Å². The van der Waals surface area contributed by atoms with Gasteiger partial charge in [0.2, 0.25) is 5.91 Å². The van der Waals surface area contributed by atoms with Crippen LogP contribution in [0.25, 0.3) is 0 Å². The number of nitrogens with one attached hydrogen (secondary N) is 1. The minimum Gasteiger partial charge on any atom is -0.478 e. The number of carbonyl (C=O) groups is 2. The number of carboxylic acid groups (broad SMARTS) is 1. The van der Waals surface area contributed by atoms with Gasteiger partial charge in [0.25, 0.3) is 0 Å². The molecule has 0 fully saturated rings. The molecule has 0 unspecified atom stereocenters. The van der Waals surface area contributed by atoms with E-state index in [0.29, 0.717) is 0 Å². The Morgan fingerprint density at radius 2 is 2.00 bits per heavy atom. The van der Waals surface area contributed by atoms with Gasteiger partial charge in [-0.3, -0.25) is 4.79 Å². The van der Waals surface area contributed by atoms with Crippen LogP contribution in [0.1, 0.15) is 29.3 Å². The summed E-state index contributed by atoms with van der Waals surface area (Å²) in [4.78, 5) is 21.5. The largest absolute Gasteiger partial charge is 0.573 e. The zero-order valence-electron chi connectivity index (χ0n) is 11.5. The monoisotopic (exact) mass is 315 g/mol. The first kappa shape index (κ1) is 17.4. The van der Waals surface area contributed by atoms with Crippen molar-refractivity contribution in [3.05, 3.63) is 29.3 Å². The van der Waals surface area contributed by atoms with Gasteiger partial charge in [0.1, 0.15) is 5.75 Å². The van der Waals surface area contributed by atoms with Crippen molar-refractivity contribution >= 4 is 11.9 Å². The number of hydrogen-bond acceptors (Lipinski definition) is 3. The van der Waals surface area contributed by atoms with Crippen LogP contribution in [0, 0.1) is 11.8 Å². The maximum absolute atomic E-state index is 12.2. The number of benzene rings is 1. The first-order valence-corrected chi connectivity index (χ1v) is 6.05. The number of aromatic carboxylic acids is 1. The van der Waals surface area contributed by atoms with Crippen LogP contribution in [-0.2, 0) is 4.79 Å². The molecule has 1 aromatic carbocycles. The van der Waals surface area contributed by atoms with Crippen molar-refractivity contribution in [1.29, 1.82) is 0 Å². The highest BCUT2D eigenvalue weighted by Gasteiger charge is 2.31. The third kappa shape index (κ3) is 6.65. The average molecular weight is 315 g/mol.